The van der Waals surface area contributed by atoms with Crippen LogP contribution in [0.5, 0.6) is 0 Å². The zero-order valence-electron chi connectivity index (χ0n) is 12.8. The molecule has 0 aliphatic carbocycles. The number of anilines is 1. The number of carbonyl (C=O) groups is 2. The second-order valence-corrected chi connectivity index (χ2v) is 7.05. The van der Waals surface area contributed by atoms with Gasteiger partial charge in [0, 0.05) is 46.6 Å². The average Bonchev–Trinajstić information content (AvgIpc) is 2.97. The van der Waals surface area contributed by atoms with Crippen LogP contribution in [0.2, 0.25) is 0 Å². The minimum atomic E-state index is -0.256. The quantitative estimate of drug-likeness (QED) is 0.886. The van der Waals surface area contributed by atoms with Crippen LogP contribution in [0.25, 0.3) is 10.1 Å². The van der Waals surface area contributed by atoms with Gasteiger partial charge >= 0.3 is 0 Å². The molecule has 2 aromatic rings. The molecule has 2 amide bonds. The fourth-order valence-corrected chi connectivity index (χ4v) is 4.03. The normalized spacial score (nSPS) is 15.9. The standard InChI is InChI=1S/C16H20N4O2S/c17-15-12-9-11(23-13(12)3-6-19-15)1-2-14(21)20-7-4-10(5-8-20)16(18)22/h3,6,9-10H,1-2,4-5,7-8H2,(H2,17,19)(H2,18,22). The summed E-state index contributed by atoms with van der Waals surface area (Å²) in [6, 6.07) is 3.96. The Morgan fingerprint density at radius 1 is 1.35 bits per heavy atom. The number of pyridine rings is 1. The first kappa shape index (κ1) is 15.7. The predicted molar refractivity (Wildman–Crippen MR) is 90.9 cm³/mol. The van der Waals surface area contributed by atoms with Crippen molar-refractivity contribution in [3.8, 4) is 0 Å². The first-order valence-electron chi connectivity index (χ1n) is 7.74. The van der Waals surface area contributed by atoms with Gasteiger partial charge in [0.1, 0.15) is 5.82 Å². The number of aryl methyl sites for hydroxylation is 1. The molecule has 0 atom stereocenters. The molecular formula is C16H20N4O2S. The lowest BCUT2D eigenvalue weighted by molar-refractivity contribution is -0.134. The van der Waals surface area contributed by atoms with Gasteiger partial charge in [0.15, 0.2) is 0 Å². The lowest BCUT2D eigenvalue weighted by atomic mass is 9.96. The van der Waals surface area contributed by atoms with Crippen molar-refractivity contribution in [1.82, 2.24) is 9.88 Å². The average molecular weight is 332 g/mol. The van der Waals surface area contributed by atoms with Gasteiger partial charge in [0.2, 0.25) is 11.8 Å². The lowest BCUT2D eigenvalue weighted by Gasteiger charge is -2.30. The Morgan fingerprint density at radius 2 is 2.09 bits per heavy atom. The second kappa shape index (κ2) is 6.54. The molecule has 0 radical (unpaired) electrons. The van der Waals surface area contributed by atoms with Crippen LogP contribution >= 0.6 is 11.3 Å². The maximum atomic E-state index is 12.3. The van der Waals surface area contributed by atoms with Crippen molar-refractivity contribution in [2.75, 3.05) is 18.8 Å². The summed E-state index contributed by atoms with van der Waals surface area (Å²) in [6.07, 6.45) is 4.22. The van der Waals surface area contributed by atoms with Gasteiger partial charge in [-0.3, -0.25) is 9.59 Å². The van der Waals surface area contributed by atoms with E-state index in [0.717, 1.165) is 15.0 Å². The summed E-state index contributed by atoms with van der Waals surface area (Å²) in [4.78, 5) is 30.5. The highest BCUT2D eigenvalue weighted by Crippen LogP contribution is 2.29. The van der Waals surface area contributed by atoms with E-state index < -0.39 is 0 Å². The Balaban J connectivity index is 1.56. The highest BCUT2D eigenvalue weighted by molar-refractivity contribution is 7.19. The number of fused-ring (bicyclic) bond motifs is 1. The number of piperidine rings is 1. The zero-order valence-corrected chi connectivity index (χ0v) is 13.6. The smallest absolute Gasteiger partial charge is 0.222 e. The highest BCUT2D eigenvalue weighted by atomic mass is 32.1. The first-order chi connectivity index (χ1) is 11.0. The van der Waals surface area contributed by atoms with Crippen LogP contribution < -0.4 is 11.5 Å². The number of hydrogen-bond acceptors (Lipinski definition) is 5. The molecule has 0 spiro atoms. The topological polar surface area (TPSA) is 102 Å². The van der Waals surface area contributed by atoms with Crippen LogP contribution in [-0.4, -0.2) is 34.8 Å². The largest absolute Gasteiger partial charge is 0.383 e. The van der Waals surface area contributed by atoms with Crippen molar-refractivity contribution in [3.05, 3.63) is 23.2 Å². The van der Waals surface area contributed by atoms with E-state index in [1.165, 1.54) is 0 Å². The zero-order chi connectivity index (χ0) is 16.4. The van der Waals surface area contributed by atoms with Crippen LogP contribution in [-0.2, 0) is 16.0 Å². The third-order valence-corrected chi connectivity index (χ3v) is 5.52. The molecule has 1 aliphatic rings. The van der Waals surface area contributed by atoms with E-state index in [4.69, 9.17) is 11.5 Å². The summed E-state index contributed by atoms with van der Waals surface area (Å²) in [5.74, 6) is 0.326. The molecule has 122 valence electrons. The van der Waals surface area contributed by atoms with Gasteiger partial charge in [0.25, 0.3) is 0 Å². The van der Waals surface area contributed by atoms with Gasteiger partial charge in [-0.15, -0.1) is 11.3 Å². The van der Waals surface area contributed by atoms with Crippen molar-refractivity contribution in [1.29, 1.82) is 0 Å². The molecule has 1 saturated heterocycles. The fourth-order valence-electron chi connectivity index (χ4n) is 2.96. The second-order valence-electron chi connectivity index (χ2n) is 5.88. The first-order valence-corrected chi connectivity index (χ1v) is 8.56. The van der Waals surface area contributed by atoms with Crippen molar-refractivity contribution >= 4 is 39.1 Å². The minimum Gasteiger partial charge on any atom is -0.383 e. The van der Waals surface area contributed by atoms with Crippen molar-refractivity contribution in [3.63, 3.8) is 0 Å². The van der Waals surface area contributed by atoms with E-state index in [2.05, 4.69) is 4.98 Å². The number of aromatic nitrogens is 1. The predicted octanol–water partition coefficient (Wildman–Crippen LogP) is 1.53. The lowest BCUT2D eigenvalue weighted by Crippen LogP contribution is -2.41. The van der Waals surface area contributed by atoms with Crippen LogP contribution in [0, 0.1) is 5.92 Å². The number of nitrogens with zero attached hydrogens (tertiary/aromatic N) is 2. The summed E-state index contributed by atoms with van der Waals surface area (Å²) in [5, 5.41) is 0.960. The number of rotatable bonds is 4. The summed E-state index contributed by atoms with van der Waals surface area (Å²) >= 11 is 1.65. The monoisotopic (exact) mass is 332 g/mol. The van der Waals surface area contributed by atoms with E-state index in [-0.39, 0.29) is 17.7 Å². The third kappa shape index (κ3) is 3.44. The van der Waals surface area contributed by atoms with Crippen LogP contribution in [0.15, 0.2) is 18.3 Å². The molecule has 0 bridgehead atoms. The Hall–Kier alpha value is -2.15. The Bertz CT molecular complexity index is 735. The van der Waals surface area contributed by atoms with Gasteiger partial charge in [-0.1, -0.05) is 0 Å². The van der Waals surface area contributed by atoms with Crippen molar-refractivity contribution in [2.24, 2.45) is 11.7 Å². The van der Waals surface area contributed by atoms with Crippen LogP contribution in [0.4, 0.5) is 5.82 Å². The van der Waals surface area contributed by atoms with Gasteiger partial charge in [0.05, 0.1) is 0 Å². The molecule has 0 unspecified atom stereocenters. The summed E-state index contributed by atoms with van der Waals surface area (Å²) in [5.41, 5.74) is 11.2. The number of thiophene rings is 1. The van der Waals surface area contributed by atoms with E-state index in [1.54, 1.807) is 17.5 Å². The Labute approximate surface area is 138 Å². The minimum absolute atomic E-state index is 0.0860. The van der Waals surface area contributed by atoms with Crippen LogP contribution in [0.3, 0.4) is 0 Å². The van der Waals surface area contributed by atoms with Gasteiger partial charge in [-0.2, -0.15) is 0 Å². The van der Waals surface area contributed by atoms with E-state index >= 15 is 0 Å². The van der Waals surface area contributed by atoms with E-state index in [0.29, 0.717) is 44.6 Å². The van der Waals surface area contributed by atoms with Gasteiger partial charge < -0.3 is 16.4 Å². The summed E-state index contributed by atoms with van der Waals surface area (Å²) in [7, 11) is 0. The van der Waals surface area contributed by atoms with E-state index in [1.807, 2.05) is 17.0 Å². The summed E-state index contributed by atoms with van der Waals surface area (Å²) < 4.78 is 1.10. The molecule has 7 heteroatoms. The van der Waals surface area contributed by atoms with Gasteiger partial charge in [-0.25, -0.2) is 4.98 Å². The van der Waals surface area contributed by atoms with Crippen molar-refractivity contribution < 1.29 is 9.59 Å². The number of amides is 2. The molecule has 2 aromatic heterocycles. The third-order valence-electron chi connectivity index (χ3n) is 4.36. The van der Waals surface area contributed by atoms with Crippen LogP contribution in [0.1, 0.15) is 24.1 Å². The number of hydrogen-bond donors (Lipinski definition) is 2. The molecule has 1 fully saturated rings. The molecule has 6 nitrogen and oxygen atoms in total. The molecule has 1 aliphatic heterocycles. The maximum absolute atomic E-state index is 12.3. The molecule has 0 aromatic carbocycles. The fraction of sp³-hybridized carbons (Fsp3) is 0.438. The molecule has 23 heavy (non-hydrogen) atoms. The molecule has 4 N–H and O–H groups in total. The molecular weight excluding hydrogens is 312 g/mol. The molecule has 3 heterocycles. The van der Waals surface area contributed by atoms with Gasteiger partial charge in [-0.05, 0) is 31.4 Å². The number of nitrogens with two attached hydrogens (primary N) is 2. The SMILES string of the molecule is NC(=O)C1CCN(C(=O)CCc2cc3c(N)nccc3s2)CC1. The number of nitrogen functional groups attached to an aromatic ring is 1. The summed E-state index contributed by atoms with van der Waals surface area (Å²) in [6.45, 7) is 1.24. The Kier molecular flexibility index (Phi) is 4.47. The maximum Gasteiger partial charge on any atom is 0.222 e. The van der Waals surface area contributed by atoms with E-state index in [9.17, 15) is 9.59 Å². The molecule has 0 saturated carbocycles. The van der Waals surface area contributed by atoms with Crippen molar-refractivity contribution in [2.45, 2.75) is 25.7 Å². The number of carbonyl (C=O) groups excluding carboxylic acids is 2. The molecule has 3 rings (SSSR count). The number of likely N-dealkylation sites (tertiary alicyclic amines) is 1. The Morgan fingerprint density at radius 3 is 2.74 bits per heavy atom. The number of primary amides is 1. The highest BCUT2D eigenvalue weighted by Gasteiger charge is 2.25.